The molecule has 1 aromatic heterocycles. The standard InChI is InChI=1S/C11H9ClF3N3O/c1-16-5-18-9(19)7-3-2-6(11(13,14)15)4-8(7)17-10(18)12/h2-4,16H,5H2,1H3. The van der Waals surface area contributed by atoms with E-state index < -0.39 is 17.3 Å². The second-order valence-electron chi connectivity index (χ2n) is 3.86. The van der Waals surface area contributed by atoms with Crippen molar-refractivity contribution < 1.29 is 13.2 Å². The van der Waals surface area contributed by atoms with Gasteiger partial charge in [-0.25, -0.2) is 4.98 Å². The van der Waals surface area contributed by atoms with Gasteiger partial charge in [-0.2, -0.15) is 13.2 Å². The summed E-state index contributed by atoms with van der Waals surface area (Å²) in [5.41, 5.74) is -1.43. The molecule has 0 aliphatic carbocycles. The maximum Gasteiger partial charge on any atom is 0.416 e. The molecule has 0 aliphatic heterocycles. The Hall–Kier alpha value is -1.60. The second-order valence-corrected chi connectivity index (χ2v) is 4.19. The number of nitrogens with one attached hydrogen (secondary N) is 1. The molecule has 1 heterocycles. The average Bonchev–Trinajstić information content (AvgIpc) is 2.32. The number of halogens is 4. The van der Waals surface area contributed by atoms with E-state index in [1.54, 1.807) is 7.05 Å². The van der Waals surface area contributed by atoms with Crippen molar-refractivity contribution in [2.75, 3.05) is 7.05 Å². The zero-order valence-electron chi connectivity index (χ0n) is 9.75. The normalized spacial score (nSPS) is 12.1. The summed E-state index contributed by atoms with van der Waals surface area (Å²) < 4.78 is 38.8. The molecule has 1 aromatic carbocycles. The van der Waals surface area contributed by atoms with Crippen LogP contribution in [0, 0.1) is 0 Å². The topological polar surface area (TPSA) is 46.9 Å². The lowest BCUT2D eigenvalue weighted by Gasteiger charge is -2.10. The van der Waals surface area contributed by atoms with Crippen molar-refractivity contribution in [2.24, 2.45) is 0 Å². The highest BCUT2D eigenvalue weighted by molar-refractivity contribution is 6.28. The molecule has 0 radical (unpaired) electrons. The van der Waals surface area contributed by atoms with Gasteiger partial charge in [0.15, 0.2) is 0 Å². The van der Waals surface area contributed by atoms with Crippen LogP contribution in [0.15, 0.2) is 23.0 Å². The number of nitrogens with zero attached hydrogens (tertiary/aromatic N) is 2. The van der Waals surface area contributed by atoms with E-state index in [2.05, 4.69) is 10.3 Å². The molecule has 8 heteroatoms. The molecule has 4 nitrogen and oxygen atoms in total. The van der Waals surface area contributed by atoms with Gasteiger partial charge in [0.1, 0.15) is 0 Å². The minimum atomic E-state index is -4.48. The Morgan fingerprint density at radius 2 is 2.11 bits per heavy atom. The van der Waals surface area contributed by atoms with Crippen molar-refractivity contribution >= 4 is 22.5 Å². The van der Waals surface area contributed by atoms with E-state index in [1.807, 2.05) is 0 Å². The van der Waals surface area contributed by atoms with Crippen molar-refractivity contribution in [3.8, 4) is 0 Å². The SMILES string of the molecule is CNCn1c(Cl)nc2cc(C(F)(F)F)ccc2c1=O. The number of fused-ring (bicyclic) bond motifs is 1. The highest BCUT2D eigenvalue weighted by Gasteiger charge is 2.30. The lowest BCUT2D eigenvalue weighted by molar-refractivity contribution is -0.137. The number of hydrogen-bond acceptors (Lipinski definition) is 3. The Balaban J connectivity index is 2.71. The second kappa shape index (κ2) is 4.82. The molecule has 0 atom stereocenters. The molecular formula is C11H9ClF3N3O. The molecule has 0 saturated carbocycles. The molecule has 0 unspecified atom stereocenters. The summed E-state index contributed by atoms with van der Waals surface area (Å²) in [5.74, 6) is 0. The Bertz CT molecular complexity index is 681. The molecular weight excluding hydrogens is 283 g/mol. The number of benzene rings is 1. The minimum Gasteiger partial charge on any atom is -0.302 e. The van der Waals surface area contributed by atoms with Crippen LogP contribution in [-0.2, 0) is 12.8 Å². The molecule has 2 rings (SSSR count). The van der Waals surface area contributed by atoms with Gasteiger partial charge in [-0.1, -0.05) is 0 Å². The third-order valence-corrected chi connectivity index (χ3v) is 2.84. The van der Waals surface area contributed by atoms with E-state index in [9.17, 15) is 18.0 Å². The van der Waals surface area contributed by atoms with Gasteiger partial charge in [-0.05, 0) is 36.8 Å². The number of rotatable bonds is 2. The maximum atomic E-state index is 12.6. The molecule has 0 aliphatic rings. The molecule has 2 aromatic rings. The summed E-state index contributed by atoms with van der Waals surface area (Å²) in [4.78, 5) is 15.8. The Morgan fingerprint density at radius 1 is 1.42 bits per heavy atom. The van der Waals surface area contributed by atoms with Crippen LogP contribution in [0.25, 0.3) is 10.9 Å². The summed E-state index contributed by atoms with van der Waals surface area (Å²) in [5, 5.41) is 2.65. The number of alkyl halides is 3. The maximum absolute atomic E-state index is 12.6. The van der Waals surface area contributed by atoms with Crippen LogP contribution in [0.4, 0.5) is 13.2 Å². The first-order valence-electron chi connectivity index (χ1n) is 5.26. The number of hydrogen-bond donors (Lipinski definition) is 1. The molecule has 0 bridgehead atoms. The van der Waals surface area contributed by atoms with E-state index in [0.717, 1.165) is 22.8 Å². The summed E-state index contributed by atoms with van der Waals surface area (Å²) in [6, 6.07) is 2.77. The van der Waals surface area contributed by atoms with Gasteiger partial charge in [0.25, 0.3) is 5.56 Å². The van der Waals surface area contributed by atoms with Gasteiger partial charge in [0.2, 0.25) is 5.28 Å². The fourth-order valence-corrected chi connectivity index (χ4v) is 1.89. The van der Waals surface area contributed by atoms with Crippen LogP contribution < -0.4 is 10.9 Å². The molecule has 0 spiro atoms. The van der Waals surface area contributed by atoms with Gasteiger partial charge in [0, 0.05) is 0 Å². The predicted molar refractivity (Wildman–Crippen MR) is 65.1 cm³/mol. The Labute approximate surface area is 110 Å². The summed E-state index contributed by atoms with van der Waals surface area (Å²) in [6.45, 7) is 0.127. The van der Waals surface area contributed by atoms with Crippen LogP contribution in [-0.4, -0.2) is 16.6 Å². The quantitative estimate of drug-likeness (QED) is 0.863. The fraction of sp³-hybridized carbons (Fsp3) is 0.273. The molecule has 0 saturated heterocycles. The van der Waals surface area contributed by atoms with Crippen LogP contribution in [0.2, 0.25) is 5.28 Å². The monoisotopic (exact) mass is 291 g/mol. The Kier molecular flexibility index (Phi) is 3.51. The van der Waals surface area contributed by atoms with Crippen molar-refractivity contribution in [2.45, 2.75) is 12.8 Å². The van der Waals surface area contributed by atoms with E-state index in [1.165, 1.54) is 0 Å². The van der Waals surface area contributed by atoms with Crippen molar-refractivity contribution in [1.29, 1.82) is 0 Å². The van der Waals surface area contributed by atoms with Crippen molar-refractivity contribution in [1.82, 2.24) is 14.9 Å². The number of aromatic nitrogens is 2. The van der Waals surface area contributed by atoms with Crippen LogP contribution >= 0.6 is 11.6 Å². The lowest BCUT2D eigenvalue weighted by atomic mass is 10.1. The van der Waals surface area contributed by atoms with Crippen LogP contribution in [0.1, 0.15) is 5.56 Å². The van der Waals surface area contributed by atoms with Gasteiger partial charge >= 0.3 is 6.18 Å². The zero-order valence-corrected chi connectivity index (χ0v) is 10.5. The molecule has 0 amide bonds. The highest BCUT2D eigenvalue weighted by Crippen LogP contribution is 2.30. The van der Waals surface area contributed by atoms with Crippen LogP contribution in [0.5, 0.6) is 0 Å². The zero-order chi connectivity index (χ0) is 14.2. The van der Waals surface area contributed by atoms with Crippen molar-refractivity contribution in [3.05, 3.63) is 39.4 Å². The van der Waals surface area contributed by atoms with Gasteiger partial charge in [0.05, 0.1) is 23.1 Å². The molecule has 1 N–H and O–H groups in total. The summed E-state index contributed by atoms with van der Waals surface area (Å²) in [6.07, 6.45) is -4.48. The van der Waals surface area contributed by atoms with E-state index >= 15 is 0 Å². The Morgan fingerprint density at radius 3 is 2.68 bits per heavy atom. The third-order valence-electron chi connectivity index (χ3n) is 2.55. The van der Waals surface area contributed by atoms with Gasteiger partial charge in [-0.15, -0.1) is 0 Å². The molecule has 19 heavy (non-hydrogen) atoms. The predicted octanol–water partition coefficient (Wildman–Crippen LogP) is 2.25. The van der Waals surface area contributed by atoms with Gasteiger partial charge < -0.3 is 5.32 Å². The van der Waals surface area contributed by atoms with E-state index in [0.29, 0.717) is 0 Å². The molecule has 0 fully saturated rings. The third kappa shape index (κ3) is 2.57. The van der Waals surface area contributed by atoms with E-state index in [4.69, 9.17) is 11.6 Å². The van der Waals surface area contributed by atoms with E-state index in [-0.39, 0.29) is 22.9 Å². The fourth-order valence-electron chi connectivity index (χ4n) is 1.67. The highest BCUT2D eigenvalue weighted by atomic mass is 35.5. The smallest absolute Gasteiger partial charge is 0.302 e. The lowest BCUT2D eigenvalue weighted by Crippen LogP contribution is -2.27. The molecule has 102 valence electrons. The minimum absolute atomic E-state index is 0.0721. The average molecular weight is 292 g/mol. The first-order chi connectivity index (χ1) is 8.84. The first kappa shape index (κ1) is 13.8. The summed E-state index contributed by atoms with van der Waals surface area (Å²) in [7, 11) is 1.61. The van der Waals surface area contributed by atoms with Crippen molar-refractivity contribution in [3.63, 3.8) is 0 Å². The summed E-state index contributed by atoms with van der Waals surface area (Å²) >= 11 is 5.78. The first-order valence-corrected chi connectivity index (χ1v) is 5.64. The van der Waals surface area contributed by atoms with Crippen LogP contribution in [0.3, 0.4) is 0 Å². The largest absolute Gasteiger partial charge is 0.416 e. The van der Waals surface area contributed by atoms with Gasteiger partial charge in [-0.3, -0.25) is 9.36 Å².